The molecule has 0 atom stereocenters. The van der Waals surface area contributed by atoms with Gasteiger partial charge in [-0.05, 0) is 0 Å². The van der Waals surface area contributed by atoms with Gasteiger partial charge in [-0.2, -0.15) is 13.2 Å². The zero-order chi connectivity index (χ0) is 9.90. The number of hydrogen-bond donors (Lipinski definition) is 1. The first kappa shape index (κ1) is 9.56. The number of hydrogen-bond acceptors (Lipinski definition) is 3. The van der Waals surface area contributed by atoms with Crippen molar-refractivity contribution >= 4 is 0 Å². The number of nitrogens with one attached hydrogen (secondary N) is 1. The van der Waals surface area contributed by atoms with Crippen LogP contribution in [0.4, 0.5) is 13.2 Å². The standard InChI is InChI=1S/C6H5F3N2O2/c7-6(8,9)3-13-5-2-10-1-4(12)11-5/h1-2H,3H2,(H,11,12). The van der Waals surface area contributed by atoms with Gasteiger partial charge < -0.3 is 4.74 Å². The van der Waals surface area contributed by atoms with Crippen molar-refractivity contribution in [2.75, 3.05) is 6.61 Å². The lowest BCUT2D eigenvalue weighted by molar-refractivity contribution is -0.154. The Morgan fingerprint density at radius 3 is 2.69 bits per heavy atom. The van der Waals surface area contributed by atoms with E-state index in [0.717, 1.165) is 12.4 Å². The predicted octanol–water partition coefficient (Wildman–Crippen LogP) is 0.711. The van der Waals surface area contributed by atoms with Crippen molar-refractivity contribution in [2.45, 2.75) is 6.18 Å². The molecule has 1 aromatic rings. The second-order valence-corrected chi connectivity index (χ2v) is 2.16. The molecule has 0 spiro atoms. The van der Waals surface area contributed by atoms with Crippen molar-refractivity contribution in [1.29, 1.82) is 0 Å². The Labute approximate surface area is 70.4 Å². The first-order chi connectivity index (χ1) is 5.97. The number of nitrogens with zero attached hydrogens (tertiary/aromatic N) is 1. The average molecular weight is 194 g/mol. The molecule has 4 nitrogen and oxygen atoms in total. The minimum atomic E-state index is -4.42. The van der Waals surface area contributed by atoms with Crippen molar-refractivity contribution in [3.63, 3.8) is 0 Å². The zero-order valence-corrected chi connectivity index (χ0v) is 6.26. The molecule has 1 rings (SSSR count). The van der Waals surface area contributed by atoms with Crippen LogP contribution < -0.4 is 10.3 Å². The van der Waals surface area contributed by atoms with Gasteiger partial charge in [-0.15, -0.1) is 0 Å². The first-order valence-corrected chi connectivity index (χ1v) is 3.21. The molecule has 1 N–H and O–H groups in total. The zero-order valence-electron chi connectivity index (χ0n) is 6.26. The maximum Gasteiger partial charge on any atom is 0.422 e. The van der Waals surface area contributed by atoms with E-state index in [9.17, 15) is 18.0 Å². The molecular weight excluding hydrogens is 189 g/mol. The van der Waals surface area contributed by atoms with Crippen molar-refractivity contribution in [2.24, 2.45) is 0 Å². The van der Waals surface area contributed by atoms with Gasteiger partial charge in [0.2, 0.25) is 5.88 Å². The summed E-state index contributed by atoms with van der Waals surface area (Å²) in [6, 6.07) is 0. The van der Waals surface area contributed by atoms with Crippen LogP contribution in [-0.4, -0.2) is 22.8 Å². The van der Waals surface area contributed by atoms with E-state index in [2.05, 4.69) is 9.72 Å². The van der Waals surface area contributed by atoms with Crippen molar-refractivity contribution < 1.29 is 17.9 Å². The summed E-state index contributed by atoms with van der Waals surface area (Å²) in [6.07, 6.45) is -2.50. The molecule has 1 heterocycles. The number of aromatic amines is 1. The summed E-state index contributed by atoms with van der Waals surface area (Å²) in [5.41, 5.74) is -0.611. The van der Waals surface area contributed by atoms with Crippen LogP contribution in [0, 0.1) is 0 Å². The summed E-state index contributed by atoms with van der Waals surface area (Å²) in [6.45, 7) is -1.45. The maximum absolute atomic E-state index is 11.6. The van der Waals surface area contributed by atoms with E-state index in [4.69, 9.17) is 0 Å². The number of halogens is 3. The molecule has 13 heavy (non-hydrogen) atoms. The molecular formula is C6H5F3N2O2. The molecule has 0 bridgehead atoms. The lowest BCUT2D eigenvalue weighted by Gasteiger charge is -2.07. The topological polar surface area (TPSA) is 55.0 Å². The molecule has 0 saturated carbocycles. The molecule has 0 aliphatic heterocycles. The largest absolute Gasteiger partial charge is 0.468 e. The van der Waals surface area contributed by atoms with Gasteiger partial charge in [0.1, 0.15) is 0 Å². The van der Waals surface area contributed by atoms with E-state index in [-0.39, 0.29) is 5.88 Å². The van der Waals surface area contributed by atoms with Crippen molar-refractivity contribution in [1.82, 2.24) is 9.97 Å². The minimum Gasteiger partial charge on any atom is -0.468 e. The first-order valence-electron chi connectivity index (χ1n) is 3.21. The van der Waals surface area contributed by atoms with Gasteiger partial charge in [0, 0.05) is 0 Å². The Bertz CT molecular complexity index is 333. The molecule has 0 aliphatic rings. The van der Waals surface area contributed by atoms with E-state index in [0.29, 0.717) is 0 Å². The molecule has 0 radical (unpaired) electrons. The minimum absolute atomic E-state index is 0.301. The van der Waals surface area contributed by atoms with Gasteiger partial charge in [-0.1, -0.05) is 0 Å². The van der Waals surface area contributed by atoms with Crippen LogP contribution in [0.2, 0.25) is 0 Å². The molecule has 0 aromatic carbocycles. The lowest BCUT2D eigenvalue weighted by atomic mass is 10.7. The molecule has 1 aromatic heterocycles. The summed E-state index contributed by atoms with van der Waals surface area (Å²) < 4.78 is 39.0. The fraction of sp³-hybridized carbons (Fsp3) is 0.333. The highest BCUT2D eigenvalue weighted by Gasteiger charge is 2.28. The molecule has 72 valence electrons. The Morgan fingerprint density at radius 1 is 1.46 bits per heavy atom. The van der Waals surface area contributed by atoms with Crippen LogP contribution in [0.25, 0.3) is 0 Å². The Kier molecular flexibility index (Phi) is 2.54. The Hall–Kier alpha value is -1.53. The summed E-state index contributed by atoms with van der Waals surface area (Å²) >= 11 is 0. The van der Waals surface area contributed by atoms with E-state index >= 15 is 0 Å². The smallest absolute Gasteiger partial charge is 0.422 e. The van der Waals surface area contributed by atoms with Crippen LogP contribution in [0.5, 0.6) is 5.88 Å². The highest BCUT2D eigenvalue weighted by Crippen LogP contribution is 2.15. The normalized spacial score (nSPS) is 11.3. The lowest BCUT2D eigenvalue weighted by Crippen LogP contribution is -2.20. The quantitative estimate of drug-likeness (QED) is 0.754. The molecule has 0 aliphatic carbocycles. The molecule has 0 saturated heterocycles. The van der Waals surface area contributed by atoms with Crippen LogP contribution in [0.1, 0.15) is 0 Å². The van der Waals surface area contributed by atoms with Gasteiger partial charge in [0.05, 0.1) is 12.4 Å². The van der Waals surface area contributed by atoms with E-state index in [1.54, 1.807) is 0 Å². The van der Waals surface area contributed by atoms with Gasteiger partial charge >= 0.3 is 6.18 Å². The number of aromatic nitrogens is 2. The highest BCUT2D eigenvalue weighted by atomic mass is 19.4. The van der Waals surface area contributed by atoms with E-state index in [1.165, 1.54) is 0 Å². The van der Waals surface area contributed by atoms with Gasteiger partial charge in [0.15, 0.2) is 6.61 Å². The van der Waals surface area contributed by atoms with Crippen molar-refractivity contribution in [3.05, 3.63) is 22.7 Å². The summed E-state index contributed by atoms with van der Waals surface area (Å²) in [5, 5.41) is 0. The predicted molar refractivity (Wildman–Crippen MR) is 36.4 cm³/mol. The van der Waals surface area contributed by atoms with Crippen LogP contribution in [-0.2, 0) is 0 Å². The van der Waals surface area contributed by atoms with Crippen LogP contribution >= 0.6 is 0 Å². The Morgan fingerprint density at radius 2 is 2.15 bits per heavy atom. The Balaban J connectivity index is 2.60. The molecule has 0 unspecified atom stereocenters. The van der Waals surface area contributed by atoms with Crippen LogP contribution in [0.15, 0.2) is 17.2 Å². The van der Waals surface area contributed by atoms with Gasteiger partial charge in [-0.3, -0.25) is 14.8 Å². The number of alkyl halides is 3. The maximum atomic E-state index is 11.6. The fourth-order valence-corrected chi connectivity index (χ4v) is 0.592. The van der Waals surface area contributed by atoms with E-state index in [1.807, 2.05) is 4.98 Å². The second-order valence-electron chi connectivity index (χ2n) is 2.16. The third-order valence-electron chi connectivity index (χ3n) is 1.02. The SMILES string of the molecule is O=c1cncc(OCC(F)(F)F)[nH]1. The highest BCUT2D eigenvalue weighted by molar-refractivity contribution is 5.01. The summed E-state index contributed by atoms with van der Waals surface area (Å²) in [7, 11) is 0. The summed E-state index contributed by atoms with van der Waals surface area (Å²) in [5.74, 6) is -0.301. The third-order valence-corrected chi connectivity index (χ3v) is 1.02. The number of ether oxygens (including phenoxy) is 1. The van der Waals surface area contributed by atoms with Gasteiger partial charge in [-0.25, -0.2) is 0 Å². The number of rotatable bonds is 2. The fourth-order valence-electron chi connectivity index (χ4n) is 0.592. The molecule has 7 heteroatoms. The molecule has 0 amide bonds. The molecule has 0 fully saturated rings. The average Bonchev–Trinajstić information content (AvgIpc) is 2.00. The summed E-state index contributed by atoms with van der Waals surface area (Å²) in [4.78, 5) is 15.9. The third kappa shape index (κ3) is 3.59. The van der Waals surface area contributed by atoms with Gasteiger partial charge in [0.25, 0.3) is 5.56 Å². The number of H-pyrrole nitrogens is 1. The van der Waals surface area contributed by atoms with Crippen molar-refractivity contribution in [3.8, 4) is 5.88 Å². The second kappa shape index (κ2) is 3.46. The van der Waals surface area contributed by atoms with Crippen LogP contribution in [0.3, 0.4) is 0 Å². The van der Waals surface area contributed by atoms with E-state index < -0.39 is 18.3 Å². The monoisotopic (exact) mass is 194 g/mol.